The van der Waals surface area contributed by atoms with E-state index >= 15 is 0 Å². The van der Waals surface area contributed by atoms with E-state index in [9.17, 15) is 13.2 Å². The number of carbonyl (C=O) groups is 1. The SMILES string of the molecule is COc1ccc(SCC(=O)N2CCN(S(=O)(=O)c3ccc(C)cc3)CC2)cc1OC. The highest BCUT2D eigenvalue weighted by molar-refractivity contribution is 8.00. The number of methoxy groups -OCH3 is 2. The molecule has 1 fully saturated rings. The number of aryl methyl sites for hydroxylation is 1. The highest BCUT2D eigenvalue weighted by Crippen LogP contribution is 2.32. The number of benzene rings is 2. The van der Waals surface area contributed by atoms with Crippen LogP contribution in [-0.4, -0.2) is 69.7 Å². The summed E-state index contributed by atoms with van der Waals surface area (Å²) < 4.78 is 37.6. The van der Waals surface area contributed by atoms with Crippen molar-refractivity contribution >= 4 is 27.7 Å². The van der Waals surface area contributed by atoms with Crippen molar-refractivity contribution < 1.29 is 22.7 Å². The Balaban J connectivity index is 1.55. The first kappa shape index (κ1) is 22.5. The molecule has 0 aliphatic carbocycles. The number of amides is 1. The monoisotopic (exact) mass is 450 g/mol. The number of nitrogens with zero attached hydrogens (tertiary/aromatic N) is 2. The average Bonchev–Trinajstić information content (AvgIpc) is 2.77. The number of ether oxygens (including phenoxy) is 2. The topological polar surface area (TPSA) is 76.2 Å². The smallest absolute Gasteiger partial charge is 0.243 e. The summed E-state index contributed by atoms with van der Waals surface area (Å²) >= 11 is 1.42. The molecular formula is C21H26N2O5S2. The minimum Gasteiger partial charge on any atom is -0.493 e. The van der Waals surface area contributed by atoms with Gasteiger partial charge in [0.05, 0.1) is 24.9 Å². The van der Waals surface area contributed by atoms with E-state index in [1.54, 1.807) is 49.5 Å². The Labute approximate surface area is 182 Å². The third-order valence-electron chi connectivity index (χ3n) is 4.97. The predicted octanol–water partition coefficient (Wildman–Crippen LogP) is 2.64. The maximum absolute atomic E-state index is 12.8. The molecule has 0 bridgehead atoms. The van der Waals surface area contributed by atoms with Gasteiger partial charge in [0.25, 0.3) is 0 Å². The summed E-state index contributed by atoms with van der Waals surface area (Å²) in [6, 6.07) is 12.4. The van der Waals surface area contributed by atoms with E-state index in [1.165, 1.54) is 16.1 Å². The summed E-state index contributed by atoms with van der Waals surface area (Å²) in [6.07, 6.45) is 0. The van der Waals surface area contributed by atoms with Crippen molar-refractivity contribution in [3.8, 4) is 11.5 Å². The molecule has 0 radical (unpaired) electrons. The number of hydrogen-bond donors (Lipinski definition) is 0. The second-order valence-corrected chi connectivity index (χ2v) is 9.89. The fourth-order valence-electron chi connectivity index (χ4n) is 3.18. The molecule has 0 atom stereocenters. The minimum absolute atomic E-state index is 0.0119. The zero-order valence-corrected chi connectivity index (χ0v) is 19.0. The lowest BCUT2D eigenvalue weighted by atomic mass is 10.2. The van der Waals surface area contributed by atoms with E-state index in [-0.39, 0.29) is 16.6 Å². The molecule has 162 valence electrons. The summed E-state index contributed by atoms with van der Waals surface area (Å²) in [5, 5.41) is 0. The van der Waals surface area contributed by atoms with E-state index in [0.29, 0.717) is 37.7 Å². The molecule has 1 aliphatic heterocycles. The van der Waals surface area contributed by atoms with Gasteiger partial charge in [-0.15, -0.1) is 11.8 Å². The molecule has 0 aromatic heterocycles. The van der Waals surface area contributed by atoms with Crippen molar-refractivity contribution in [3.63, 3.8) is 0 Å². The van der Waals surface area contributed by atoms with Gasteiger partial charge < -0.3 is 14.4 Å². The Morgan fingerprint density at radius 2 is 1.60 bits per heavy atom. The van der Waals surface area contributed by atoms with Crippen LogP contribution in [0, 0.1) is 6.92 Å². The van der Waals surface area contributed by atoms with Gasteiger partial charge in [0.1, 0.15) is 0 Å². The van der Waals surface area contributed by atoms with Crippen molar-refractivity contribution in [1.29, 1.82) is 0 Å². The van der Waals surface area contributed by atoms with Gasteiger partial charge in [-0.05, 0) is 37.3 Å². The van der Waals surface area contributed by atoms with E-state index in [0.717, 1.165) is 10.5 Å². The van der Waals surface area contributed by atoms with Crippen molar-refractivity contribution in [3.05, 3.63) is 48.0 Å². The second-order valence-electron chi connectivity index (χ2n) is 6.90. The quantitative estimate of drug-likeness (QED) is 0.604. The molecule has 0 unspecified atom stereocenters. The number of rotatable bonds is 7. The first-order valence-corrected chi connectivity index (χ1v) is 12.0. The van der Waals surface area contributed by atoms with Gasteiger partial charge in [0.2, 0.25) is 15.9 Å². The molecule has 0 spiro atoms. The summed E-state index contributed by atoms with van der Waals surface area (Å²) in [6.45, 7) is 3.28. The zero-order valence-electron chi connectivity index (χ0n) is 17.3. The lowest BCUT2D eigenvalue weighted by Gasteiger charge is -2.34. The lowest BCUT2D eigenvalue weighted by molar-refractivity contribution is -0.129. The molecule has 30 heavy (non-hydrogen) atoms. The Kier molecular flexibility index (Phi) is 7.27. The molecule has 0 N–H and O–H groups in total. The van der Waals surface area contributed by atoms with E-state index in [1.807, 2.05) is 19.1 Å². The fourth-order valence-corrected chi connectivity index (χ4v) is 5.43. The van der Waals surface area contributed by atoms with Gasteiger partial charge in [0, 0.05) is 31.1 Å². The molecule has 1 aliphatic rings. The number of carbonyl (C=O) groups excluding carboxylic acids is 1. The molecular weight excluding hydrogens is 424 g/mol. The molecule has 2 aromatic carbocycles. The van der Waals surface area contributed by atoms with Crippen molar-refractivity contribution in [2.24, 2.45) is 0 Å². The molecule has 3 rings (SSSR count). The zero-order chi connectivity index (χ0) is 21.7. The molecule has 9 heteroatoms. The van der Waals surface area contributed by atoms with Crippen LogP contribution < -0.4 is 9.47 Å². The Hall–Kier alpha value is -2.23. The van der Waals surface area contributed by atoms with Gasteiger partial charge in [-0.25, -0.2) is 8.42 Å². The predicted molar refractivity (Wildman–Crippen MR) is 117 cm³/mol. The van der Waals surface area contributed by atoms with E-state index in [4.69, 9.17) is 9.47 Å². The third-order valence-corrected chi connectivity index (χ3v) is 7.86. The number of sulfonamides is 1. The van der Waals surface area contributed by atoms with E-state index < -0.39 is 10.0 Å². The van der Waals surface area contributed by atoms with Crippen LogP contribution in [0.4, 0.5) is 0 Å². The van der Waals surface area contributed by atoms with Crippen LogP contribution >= 0.6 is 11.8 Å². The summed E-state index contributed by atoms with van der Waals surface area (Å²) in [4.78, 5) is 15.5. The van der Waals surface area contributed by atoms with Gasteiger partial charge in [-0.1, -0.05) is 17.7 Å². The fraction of sp³-hybridized carbons (Fsp3) is 0.381. The molecule has 1 heterocycles. The summed E-state index contributed by atoms with van der Waals surface area (Å²) in [5.41, 5.74) is 1.01. The summed E-state index contributed by atoms with van der Waals surface area (Å²) in [7, 11) is -0.386. The first-order valence-electron chi connectivity index (χ1n) is 9.54. The number of thioether (sulfide) groups is 1. The van der Waals surface area contributed by atoms with Gasteiger partial charge in [-0.2, -0.15) is 4.31 Å². The van der Waals surface area contributed by atoms with Crippen molar-refractivity contribution in [1.82, 2.24) is 9.21 Å². The largest absolute Gasteiger partial charge is 0.493 e. The maximum atomic E-state index is 12.8. The Morgan fingerprint density at radius 3 is 2.20 bits per heavy atom. The van der Waals surface area contributed by atoms with Crippen LogP contribution in [0.3, 0.4) is 0 Å². The number of piperazine rings is 1. The van der Waals surface area contributed by atoms with Gasteiger partial charge in [0.15, 0.2) is 11.5 Å². The van der Waals surface area contributed by atoms with Crippen LogP contribution in [0.2, 0.25) is 0 Å². The normalized spacial score (nSPS) is 15.1. The van der Waals surface area contributed by atoms with Crippen molar-refractivity contribution in [2.45, 2.75) is 16.7 Å². The van der Waals surface area contributed by atoms with E-state index in [2.05, 4.69) is 0 Å². The first-order chi connectivity index (χ1) is 14.3. The Morgan fingerprint density at radius 1 is 0.967 bits per heavy atom. The molecule has 0 saturated carbocycles. The molecule has 1 amide bonds. The molecule has 7 nitrogen and oxygen atoms in total. The molecule has 1 saturated heterocycles. The minimum atomic E-state index is -3.53. The van der Waals surface area contributed by atoms with Gasteiger partial charge in [-0.3, -0.25) is 4.79 Å². The van der Waals surface area contributed by atoms with Crippen molar-refractivity contribution in [2.75, 3.05) is 46.2 Å². The summed E-state index contributed by atoms with van der Waals surface area (Å²) in [5.74, 6) is 1.52. The highest BCUT2D eigenvalue weighted by atomic mass is 32.2. The lowest BCUT2D eigenvalue weighted by Crippen LogP contribution is -2.50. The number of hydrogen-bond acceptors (Lipinski definition) is 6. The maximum Gasteiger partial charge on any atom is 0.243 e. The Bertz CT molecular complexity index is 985. The van der Waals surface area contributed by atoms with Crippen LogP contribution in [0.5, 0.6) is 11.5 Å². The van der Waals surface area contributed by atoms with Crippen LogP contribution in [0.25, 0.3) is 0 Å². The average molecular weight is 451 g/mol. The second kappa shape index (κ2) is 9.72. The van der Waals surface area contributed by atoms with Gasteiger partial charge >= 0.3 is 0 Å². The van der Waals surface area contributed by atoms with Crippen LogP contribution in [-0.2, 0) is 14.8 Å². The van der Waals surface area contributed by atoms with Crippen LogP contribution in [0.1, 0.15) is 5.56 Å². The third kappa shape index (κ3) is 5.08. The standard InChI is InChI=1S/C21H26N2O5S2/c1-16-4-7-18(8-5-16)30(25,26)23-12-10-22(11-13-23)21(24)15-29-17-6-9-19(27-2)20(14-17)28-3/h4-9,14H,10-13,15H2,1-3H3. The van der Waals surface area contributed by atoms with Crippen LogP contribution in [0.15, 0.2) is 52.3 Å². The highest BCUT2D eigenvalue weighted by Gasteiger charge is 2.30. The molecule has 2 aromatic rings.